The fraction of sp³-hybridized carbons (Fsp3) is 0.467. The van der Waals surface area contributed by atoms with Crippen LogP contribution in [0.5, 0.6) is 17.2 Å². The summed E-state index contributed by atoms with van der Waals surface area (Å²) in [5.41, 5.74) is 1.65. The molecule has 1 fully saturated rings. The molecule has 0 aliphatic carbocycles. The van der Waals surface area contributed by atoms with Gasteiger partial charge >= 0.3 is 0 Å². The van der Waals surface area contributed by atoms with Crippen LogP contribution in [0.2, 0.25) is 0 Å². The summed E-state index contributed by atoms with van der Waals surface area (Å²) < 4.78 is 11.4. The molecule has 0 radical (unpaired) electrons. The number of benzene rings is 2. The smallest absolute Gasteiger partial charge is 0.295 e. The van der Waals surface area contributed by atoms with Crippen molar-refractivity contribution < 1.29 is 29.3 Å². The highest BCUT2D eigenvalue weighted by Gasteiger charge is 2.46. The first-order chi connectivity index (χ1) is 17.5. The van der Waals surface area contributed by atoms with Crippen molar-refractivity contribution >= 4 is 17.4 Å². The van der Waals surface area contributed by atoms with E-state index in [0.717, 1.165) is 24.8 Å². The normalized spacial score (nSPS) is 17.4. The predicted octanol–water partition coefficient (Wildman–Crippen LogP) is 6.10. The Kier molecular flexibility index (Phi) is 8.89. The zero-order valence-corrected chi connectivity index (χ0v) is 22.8. The molecule has 1 unspecified atom stereocenters. The number of carbonyl (C=O) groups is 2. The van der Waals surface area contributed by atoms with Gasteiger partial charge in [-0.2, -0.15) is 0 Å². The lowest BCUT2D eigenvalue weighted by Crippen LogP contribution is -2.30. The van der Waals surface area contributed by atoms with E-state index in [-0.39, 0.29) is 28.2 Å². The lowest BCUT2D eigenvalue weighted by Gasteiger charge is -2.26. The van der Waals surface area contributed by atoms with Crippen LogP contribution in [0.1, 0.15) is 83.5 Å². The second-order valence-electron chi connectivity index (χ2n) is 10.3. The number of aliphatic hydroxyl groups excluding tert-OH is 1. The summed E-state index contributed by atoms with van der Waals surface area (Å²) in [7, 11) is 0. The monoisotopic (exact) mass is 509 g/mol. The van der Waals surface area contributed by atoms with E-state index in [1.54, 1.807) is 24.3 Å². The number of rotatable bonds is 10. The zero-order valence-electron chi connectivity index (χ0n) is 22.8. The van der Waals surface area contributed by atoms with Crippen molar-refractivity contribution in [3.63, 3.8) is 0 Å². The second kappa shape index (κ2) is 11.7. The van der Waals surface area contributed by atoms with Crippen LogP contribution in [-0.2, 0) is 15.0 Å². The number of nitrogens with zero attached hydrogens (tertiary/aromatic N) is 1. The van der Waals surface area contributed by atoms with Crippen LogP contribution in [0.15, 0.2) is 42.0 Å². The first-order valence-electron chi connectivity index (χ1n) is 13.1. The fourth-order valence-electron chi connectivity index (χ4n) is 4.66. The lowest BCUT2D eigenvalue weighted by atomic mass is 9.84. The third-order valence-corrected chi connectivity index (χ3v) is 6.50. The van der Waals surface area contributed by atoms with Crippen LogP contribution < -0.4 is 9.47 Å². The number of carbonyl (C=O) groups excluding carboxylic acids is 2. The van der Waals surface area contributed by atoms with E-state index in [1.165, 1.54) is 11.0 Å². The molecule has 37 heavy (non-hydrogen) atoms. The quantitative estimate of drug-likeness (QED) is 0.174. The molecule has 1 heterocycles. The van der Waals surface area contributed by atoms with Gasteiger partial charge in [0.2, 0.25) is 0 Å². The van der Waals surface area contributed by atoms with Crippen LogP contribution in [0, 0.1) is 0 Å². The number of aromatic hydroxyl groups is 1. The molecule has 1 aliphatic rings. The number of hydrogen-bond acceptors (Lipinski definition) is 6. The molecule has 2 aromatic rings. The Balaban J connectivity index is 2.21. The van der Waals surface area contributed by atoms with Gasteiger partial charge in [-0.3, -0.25) is 9.59 Å². The fourth-order valence-corrected chi connectivity index (χ4v) is 4.66. The van der Waals surface area contributed by atoms with Crippen LogP contribution >= 0.6 is 0 Å². The first-order valence-corrected chi connectivity index (χ1v) is 13.1. The average molecular weight is 510 g/mol. The number of likely N-dealkylation sites (tertiary alicyclic amines) is 1. The van der Waals surface area contributed by atoms with E-state index in [0.29, 0.717) is 36.6 Å². The van der Waals surface area contributed by atoms with Crippen LogP contribution in [0.4, 0.5) is 0 Å². The molecule has 0 spiro atoms. The summed E-state index contributed by atoms with van der Waals surface area (Å²) in [5.74, 6) is -0.666. The van der Waals surface area contributed by atoms with E-state index in [9.17, 15) is 19.8 Å². The summed E-state index contributed by atoms with van der Waals surface area (Å²) >= 11 is 0. The number of aliphatic hydroxyl groups is 1. The topological polar surface area (TPSA) is 96.3 Å². The molecule has 2 aromatic carbocycles. The van der Waals surface area contributed by atoms with Crippen LogP contribution in [0.3, 0.4) is 0 Å². The molecule has 1 atom stereocenters. The van der Waals surface area contributed by atoms with Gasteiger partial charge in [-0.15, -0.1) is 0 Å². The molecule has 1 aliphatic heterocycles. The Labute approximate surface area is 219 Å². The average Bonchev–Trinajstić information content (AvgIpc) is 3.10. The third kappa shape index (κ3) is 5.92. The van der Waals surface area contributed by atoms with E-state index in [4.69, 9.17) is 9.47 Å². The Bertz CT molecular complexity index is 1180. The van der Waals surface area contributed by atoms with Crippen molar-refractivity contribution in [3.05, 3.63) is 58.7 Å². The molecule has 200 valence electrons. The van der Waals surface area contributed by atoms with E-state index < -0.39 is 17.7 Å². The summed E-state index contributed by atoms with van der Waals surface area (Å²) in [6.07, 6.45) is 2.60. The number of Topliss-reactive ketones (excluding diaryl/α,β-unsaturated/α-hetero) is 1. The molecule has 0 bridgehead atoms. The molecule has 1 saturated heterocycles. The molecular weight excluding hydrogens is 470 g/mol. The highest BCUT2D eigenvalue weighted by atomic mass is 16.5. The molecule has 0 aromatic heterocycles. The summed E-state index contributed by atoms with van der Waals surface area (Å²) in [4.78, 5) is 28.1. The minimum atomic E-state index is -0.804. The highest BCUT2D eigenvalue weighted by Crippen LogP contribution is 2.43. The standard InChI is InChI=1S/C30H39NO6/c1-7-10-11-16-31-26(19-12-14-22(32)24(18-19)37-9-3)25(28(34)29(31)35)27(33)20-13-15-23(36-8-2)21(17-20)30(4,5)6/h12-15,17-18,26,32-33H,7-11,16H2,1-6H3/b27-25+. The van der Waals surface area contributed by atoms with Gasteiger partial charge in [-0.1, -0.05) is 46.6 Å². The van der Waals surface area contributed by atoms with Crippen LogP contribution in [0.25, 0.3) is 5.76 Å². The molecule has 2 N–H and O–H groups in total. The van der Waals surface area contributed by atoms with E-state index in [1.807, 2.05) is 40.7 Å². The lowest BCUT2D eigenvalue weighted by molar-refractivity contribution is -0.139. The predicted molar refractivity (Wildman–Crippen MR) is 144 cm³/mol. The van der Waals surface area contributed by atoms with Gasteiger partial charge in [0.15, 0.2) is 11.5 Å². The highest BCUT2D eigenvalue weighted by molar-refractivity contribution is 6.46. The van der Waals surface area contributed by atoms with Gasteiger partial charge in [0.1, 0.15) is 11.5 Å². The third-order valence-electron chi connectivity index (χ3n) is 6.50. The molecule has 7 nitrogen and oxygen atoms in total. The SMILES string of the molecule is CCCCCN1C(=O)C(=O)/C(=C(/O)c2ccc(OCC)c(C(C)(C)C)c2)C1c1ccc(O)c(OCC)c1. The second-order valence-corrected chi connectivity index (χ2v) is 10.3. The van der Waals surface area contributed by atoms with Gasteiger partial charge in [-0.05, 0) is 61.6 Å². The van der Waals surface area contributed by atoms with Crippen molar-refractivity contribution in [2.45, 2.75) is 72.3 Å². The number of amides is 1. The Hall–Kier alpha value is -3.48. The summed E-state index contributed by atoms with van der Waals surface area (Å²) in [6.45, 7) is 13.2. The Morgan fingerprint density at radius 1 is 0.946 bits per heavy atom. The molecule has 3 rings (SSSR count). The maximum Gasteiger partial charge on any atom is 0.295 e. The zero-order chi connectivity index (χ0) is 27.3. The molecule has 0 saturated carbocycles. The van der Waals surface area contributed by atoms with Crippen molar-refractivity contribution in [1.29, 1.82) is 0 Å². The number of phenols is 1. The number of ether oxygens (including phenoxy) is 2. The number of unbranched alkanes of at least 4 members (excludes halogenated alkanes) is 2. The van der Waals surface area contributed by atoms with Crippen molar-refractivity contribution in [2.75, 3.05) is 19.8 Å². The maximum atomic E-state index is 13.4. The van der Waals surface area contributed by atoms with Crippen molar-refractivity contribution in [3.8, 4) is 17.2 Å². The largest absolute Gasteiger partial charge is 0.507 e. The van der Waals surface area contributed by atoms with E-state index in [2.05, 4.69) is 6.92 Å². The van der Waals surface area contributed by atoms with Gasteiger partial charge in [0.25, 0.3) is 11.7 Å². The van der Waals surface area contributed by atoms with Crippen LogP contribution in [-0.4, -0.2) is 46.6 Å². The first kappa shape index (κ1) is 28.1. The van der Waals surface area contributed by atoms with Crippen molar-refractivity contribution in [1.82, 2.24) is 4.90 Å². The van der Waals surface area contributed by atoms with Gasteiger partial charge in [0, 0.05) is 17.7 Å². The summed E-state index contributed by atoms with van der Waals surface area (Å²) in [5, 5.41) is 21.8. The number of ketones is 1. The summed E-state index contributed by atoms with van der Waals surface area (Å²) in [6, 6.07) is 9.30. The molecule has 7 heteroatoms. The maximum absolute atomic E-state index is 13.4. The molecule has 1 amide bonds. The number of hydrogen-bond donors (Lipinski definition) is 2. The van der Waals surface area contributed by atoms with Gasteiger partial charge in [0.05, 0.1) is 24.8 Å². The number of phenolic OH excluding ortho intramolecular Hbond substituents is 1. The van der Waals surface area contributed by atoms with Crippen molar-refractivity contribution in [2.24, 2.45) is 0 Å². The minimum Gasteiger partial charge on any atom is -0.507 e. The minimum absolute atomic E-state index is 0.0265. The Morgan fingerprint density at radius 3 is 2.24 bits per heavy atom. The molecular formula is C30H39NO6. The Morgan fingerprint density at radius 2 is 1.62 bits per heavy atom. The van der Waals surface area contributed by atoms with Gasteiger partial charge in [-0.25, -0.2) is 0 Å². The van der Waals surface area contributed by atoms with E-state index >= 15 is 0 Å². The van der Waals surface area contributed by atoms with Gasteiger partial charge < -0.3 is 24.6 Å².